The van der Waals surface area contributed by atoms with E-state index in [2.05, 4.69) is 0 Å². The lowest BCUT2D eigenvalue weighted by Crippen LogP contribution is -2.17. The monoisotopic (exact) mass is 567 g/mol. The van der Waals surface area contributed by atoms with Crippen molar-refractivity contribution >= 4 is 29.6 Å². The first kappa shape index (κ1) is 30.8. The van der Waals surface area contributed by atoms with Crippen LogP contribution in [-0.2, 0) is 28.4 Å². The maximum absolute atomic E-state index is 13.2. The van der Waals surface area contributed by atoms with Crippen LogP contribution in [0.1, 0.15) is 83.1 Å². The number of amides is 1. The number of hydrogen-bond donors (Lipinski definition) is 2. The molecule has 1 aliphatic rings. The van der Waals surface area contributed by atoms with Gasteiger partial charge in [-0.1, -0.05) is 37.1 Å². The number of aryl methyl sites for hydroxylation is 1. The number of hydrogen-bond acceptors (Lipinski definition) is 4. The van der Waals surface area contributed by atoms with Gasteiger partial charge in [-0.15, -0.1) is 0 Å². The molecule has 0 saturated heterocycles. The standard InChI is InChI=1S/C29H27F6NO4/c30-28(31,32)22-15-19(16-23(17-22)29(33,34)35)14-21-10-9-20-13-18(8-12-25(20)27(21)39)7-11-24(37)5-3-1-2-4-6-26(38)36-40/h7-8,11-17,40H,1-6,9-10H2,(H,36,38)/b11-7+,21-14+. The zero-order valence-corrected chi connectivity index (χ0v) is 21.3. The molecule has 0 aromatic heterocycles. The van der Waals surface area contributed by atoms with Crippen LogP contribution < -0.4 is 5.48 Å². The molecule has 0 saturated carbocycles. The van der Waals surface area contributed by atoms with E-state index in [0.717, 1.165) is 18.9 Å². The second-order valence-electron chi connectivity index (χ2n) is 9.50. The van der Waals surface area contributed by atoms with Crippen LogP contribution in [0.4, 0.5) is 26.3 Å². The molecule has 0 atom stereocenters. The Kier molecular flexibility index (Phi) is 10.1. The minimum absolute atomic E-state index is 0.0436. The Morgan fingerprint density at radius 1 is 0.825 bits per heavy atom. The minimum atomic E-state index is -4.98. The van der Waals surface area contributed by atoms with Crippen LogP contribution in [0.5, 0.6) is 0 Å². The van der Waals surface area contributed by atoms with E-state index in [1.165, 1.54) is 12.1 Å². The molecule has 0 fully saturated rings. The molecule has 0 aliphatic heterocycles. The number of ketones is 2. The summed E-state index contributed by atoms with van der Waals surface area (Å²) in [6.45, 7) is 0. The molecule has 214 valence electrons. The summed E-state index contributed by atoms with van der Waals surface area (Å²) in [6, 6.07) is 6.09. The lowest BCUT2D eigenvalue weighted by molar-refractivity contribution is -0.143. The summed E-state index contributed by atoms with van der Waals surface area (Å²) in [7, 11) is 0. The van der Waals surface area contributed by atoms with Crippen molar-refractivity contribution in [1.29, 1.82) is 0 Å². The fraction of sp³-hybridized carbons (Fsp3) is 0.345. The van der Waals surface area contributed by atoms with Crippen LogP contribution in [0.2, 0.25) is 0 Å². The summed E-state index contributed by atoms with van der Waals surface area (Å²) in [4.78, 5) is 36.1. The predicted octanol–water partition coefficient (Wildman–Crippen LogP) is 7.37. The van der Waals surface area contributed by atoms with Crippen molar-refractivity contribution in [2.75, 3.05) is 0 Å². The van der Waals surface area contributed by atoms with Crippen LogP contribution in [0.3, 0.4) is 0 Å². The van der Waals surface area contributed by atoms with E-state index in [0.29, 0.717) is 54.5 Å². The molecule has 3 rings (SSSR count). The van der Waals surface area contributed by atoms with Crippen LogP contribution in [-0.4, -0.2) is 22.7 Å². The second-order valence-corrected chi connectivity index (χ2v) is 9.50. The lowest BCUT2D eigenvalue weighted by atomic mass is 9.85. The van der Waals surface area contributed by atoms with E-state index < -0.39 is 35.2 Å². The van der Waals surface area contributed by atoms with Gasteiger partial charge in [0.05, 0.1) is 11.1 Å². The molecule has 2 aromatic carbocycles. The van der Waals surface area contributed by atoms with Gasteiger partial charge < -0.3 is 0 Å². The van der Waals surface area contributed by atoms with Crippen LogP contribution in [0, 0.1) is 0 Å². The zero-order valence-electron chi connectivity index (χ0n) is 21.3. The van der Waals surface area contributed by atoms with E-state index in [4.69, 9.17) is 5.21 Å². The molecule has 0 bridgehead atoms. The fourth-order valence-corrected chi connectivity index (χ4v) is 4.37. The number of carbonyl (C=O) groups excluding carboxylic acids is 3. The van der Waals surface area contributed by atoms with E-state index in [-0.39, 0.29) is 35.8 Å². The minimum Gasteiger partial charge on any atom is -0.295 e. The SMILES string of the molecule is O=C(/C=C/c1ccc2c(c1)CC/C(=C\c1cc(C(F)(F)F)cc(C(F)(F)F)c1)C2=O)CCCCCCC(=O)NO. The van der Waals surface area contributed by atoms with Gasteiger partial charge in [0, 0.05) is 24.0 Å². The molecular weight excluding hydrogens is 540 g/mol. The number of carbonyl (C=O) groups is 3. The number of unbranched alkanes of at least 4 members (excludes halogenated alkanes) is 3. The number of alkyl halides is 6. The largest absolute Gasteiger partial charge is 0.416 e. The van der Waals surface area contributed by atoms with Crippen LogP contribution in [0.15, 0.2) is 48.0 Å². The summed E-state index contributed by atoms with van der Waals surface area (Å²) in [5.41, 5.74) is 0.0626. The van der Waals surface area contributed by atoms with Gasteiger partial charge in [-0.2, -0.15) is 26.3 Å². The van der Waals surface area contributed by atoms with Crippen molar-refractivity contribution in [1.82, 2.24) is 5.48 Å². The Hall–Kier alpha value is -3.73. The third-order valence-corrected chi connectivity index (χ3v) is 6.44. The van der Waals surface area contributed by atoms with Crippen molar-refractivity contribution in [2.24, 2.45) is 0 Å². The molecule has 0 heterocycles. The lowest BCUT2D eigenvalue weighted by Gasteiger charge is -2.19. The number of hydroxylamine groups is 1. The molecule has 1 aliphatic carbocycles. The molecule has 11 heteroatoms. The van der Waals surface area contributed by atoms with Crippen molar-refractivity contribution in [2.45, 2.75) is 63.7 Å². The first-order chi connectivity index (χ1) is 18.8. The topological polar surface area (TPSA) is 83.5 Å². The fourth-order valence-electron chi connectivity index (χ4n) is 4.37. The van der Waals surface area contributed by atoms with Gasteiger partial charge in [0.15, 0.2) is 11.6 Å². The summed E-state index contributed by atoms with van der Waals surface area (Å²) < 4.78 is 79.1. The highest BCUT2D eigenvalue weighted by Crippen LogP contribution is 2.37. The third-order valence-electron chi connectivity index (χ3n) is 6.44. The Morgan fingerprint density at radius 2 is 1.45 bits per heavy atom. The van der Waals surface area contributed by atoms with Gasteiger partial charge in [0.1, 0.15) is 0 Å². The van der Waals surface area contributed by atoms with Gasteiger partial charge in [-0.3, -0.25) is 19.6 Å². The molecule has 40 heavy (non-hydrogen) atoms. The predicted molar refractivity (Wildman–Crippen MR) is 135 cm³/mol. The van der Waals surface area contributed by atoms with Crippen molar-refractivity contribution < 1.29 is 45.9 Å². The highest BCUT2D eigenvalue weighted by atomic mass is 19.4. The highest BCUT2D eigenvalue weighted by molar-refractivity contribution is 6.13. The van der Waals surface area contributed by atoms with E-state index in [1.54, 1.807) is 23.7 Å². The summed E-state index contributed by atoms with van der Waals surface area (Å²) in [5.74, 6) is -1.02. The Morgan fingerprint density at radius 3 is 2.05 bits per heavy atom. The Labute approximate surface area is 226 Å². The number of Topliss-reactive ketones (excluding diaryl/α,β-unsaturated/α-hetero) is 1. The highest BCUT2D eigenvalue weighted by Gasteiger charge is 2.37. The third kappa shape index (κ3) is 8.64. The van der Waals surface area contributed by atoms with Crippen LogP contribution >= 0.6 is 0 Å². The first-order valence-corrected chi connectivity index (χ1v) is 12.6. The Bertz CT molecular complexity index is 1290. The van der Waals surface area contributed by atoms with Crippen LogP contribution in [0.25, 0.3) is 12.2 Å². The molecule has 5 nitrogen and oxygen atoms in total. The summed E-state index contributed by atoms with van der Waals surface area (Å²) >= 11 is 0. The van der Waals surface area contributed by atoms with E-state index in [9.17, 15) is 40.7 Å². The normalized spacial score (nSPS) is 15.0. The van der Waals surface area contributed by atoms with E-state index >= 15 is 0 Å². The quantitative estimate of drug-likeness (QED) is 0.103. The maximum Gasteiger partial charge on any atom is 0.416 e. The van der Waals surface area contributed by atoms with Gasteiger partial charge >= 0.3 is 12.4 Å². The van der Waals surface area contributed by atoms with Gasteiger partial charge in [0.25, 0.3) is 0 Å². The van der Waals surface area contributed by atoms with Crippen molar-refractivity contribution in [3.05, 3.63) is 81.4 Å². The number of halogens is 6. The molecule has 0 unspecified atom stereocenters. The molecule has 0 spiro atoms. The zero-order chi connectivity index (χ0) is 29.5. The van der Waals surface area contributed by atoms with Crippen molar-refractivity contribution in [3.63, 3.8) is 0 Å². The smallest absolute Gasteiger partial charge is 0.295 e. The molecule has 0 radical (unpaired) electrons. The Balaban J connectivity index is 1.66. The summed E-state index contributed by atoms with van der Waals surface area (Å²) in [5, 5.41) is 8.44. The maximum atomic E-state index is 13.2. The molecule has 1 amide bonds. The van der Waals surface area contributed by atoms with Crippen molar-refractivity contribution in [3.8, 4) is 0 Å². The molecule has 2 aromatic rings. The average molecular weight is 568 g/mol. The molecule has 2 N–H and O–H groups in total. The second kappa shape index (κ2) is 13.1. The number of benzene rings is 2. The van der Waals surface area contributed by atoms with Gasteiger partial charge in [-0.25, -0.2) is 5.48 Å². The van der Waals surface area contributed by atoms with Gasteiger partial charge in [0.2, 0.25) is 5.91 Å². The first-order valence-electron chi connectivity index (χ1n) is 12.6. The number of nitrogens with one attached hydrogen (secondary N) is 1. The number of fused-ring (bicyclic) bond motifs is 1. The summed E-state index contributed by atoms with van der Waals surface area (Å²) in [6.07, 6.45) is -2.06. The number of rotatable bonds is 10. The molecular formula is C29H27F6NO4. The average Bonchev–Trinajstić information content (AvgIpc) is 2.89. The van der Waals surface area contributed by atoms with E-state index in [1.807, 2.05) is 0 Å². The number of allylic oxidation sites excluding steroid dienone is 2. The van der Waals surface area contributed by atoms with Gasteiger partial charge in [-0.05, 0) is 72.7 Å².